The third-order valence-electron chi connectivity index (χ3n) is 3.18. The Labute approximate surface area is 87.4 Å². The lowest BCUT2D eigenvalue weighted by atomic mass is 9.89. The average Bonchev–Trinajstić information content (AvgIpc) is 2.93. The van der Waals surface area contributed by atoms with Crippen molar-refractivity contribution in [3.8, 4) is 0 Å². The van der Waals surface area contributed by atoms with Crippen LogP contribution in [0.25, 0.3) is 0 Å². The molecule has 0 saturated heterocycles. The first-order valence-corrected chi connectivity index (χ1v) is 6.01. The number of thiol groups is 1. The van der Waals surface area contributed by atoms with E-state index in [4.69, 9.17) is 0 Å². The van der Waals surface area contributed by atoms with Crippen molar-refractivity contribution in [1.82, 2.24) is 0 Å². The fourth-order valence-corrected chi connectivity index (χ4v) is 2.37. The van der Waals surface area contributed by atoms with Crippen LogP contribution >= 0.6 is 12.6 Å². The molecule has 0 spiro atoms. The Bertz CT molecular complexity index is 163. The molecule has 1 nitrogen and oxygen atoms in total. The quantitative estimate of drug-likeness (QED) is 0.477. The minimum atomic E-state index is 0.291. The molecule has 1 rings (SSSR count). The Hall–Kier alpha value is 0.0200. The Kier molecular flexibility index (Phi) is 4.30. The van der Waals surface area contributed by atoms with E-state index in [-0.39, 0.29) is 0 Å². The van der Waals surface area contributed by atoms with Crippen LogP contribution in [0, 0.1) is 5.92 Å². The molecule has 76 valence electrons. The second kappa shape index (κ2) is 5.04. The van der Waals surface area contributed by atoms with Gasteiger partial charge in [-0.3, -0.25) is 4.99 Å². The minimum Gasteiger partial charge on any atom is -0.294 e. The normalized spacial score (nSPS) is 21.1. The molecule has 1 saturated carbocycles. The lowest BCUT2D eigenvalue weighted by molar-refractivity contribution is 0.351. The summed E-state index contributed by atoms with van der Waals surface area (Å²) in [5.74, 6) is 1.79. The highest BCUT2D eigenvalue weighted by atomic mass is 32.1. The van der Waals surface area contributed by atoms with E-state index < -0.39 is 0 Å². The van der Waals surface area contributed by atoms with Gasteiger partial charge in [-0.15, -0.1) is 0 Å². The summed E-state index contributed by atoms with van der Waals surface area (Å²) in [7, 11) is 0. The predicted molar refractivity (Wildman–Crippen MR) is 63.0 cm³/mol. The largest absolute Gasteiger partial charge is 0.294 e. The van der Waals surface area contributed by atoms with Crippen molar-refractivity contribution in [2.75, 3.05) is 5.75 Å². The van der Waals surface area contributed by atoms with Gasteiger partial charge in [-0.1, -0.05) is 13.3 Å². The highest BCUT2D eigenvalue weighted by Gasteiger charge is 2.47. The van der Waals surface area contributed by atoms with Crippen LogP contribution in [0.15, 0.2) is 4.99 Å². The molecule has 0 bridgehead atoms. The van der Waals surface area contributed by atoms with E-state index in [2.05, 4.69) is 31.3 Å². The van der Waals surface area contributed by atoms with E-state index in [0.29, 0.717) is 5.54 Å². The fourth-order valence-electron chi connectivity index (χ4n) is 2.19. The summed E-state index contributed by atoms with van der Waals surface area (Å²) < 4.78 is 0. The lowest BCUT2D eigenvalue weighted by Gasteiger charge is -2.22. The summed E-state index contributed by atoms with van der Waals surface area (Å²) in [5.41, 5.74) is 0.291. The van der Waals surface area contributed by atoms with Gasteiger partial charge >= 0.3 is 0 Å². The molecule has 1 aliphatic carbocycles. The smallest absolute Gasteiger partial charge is 0.0630 e. The van der Waals surface area contributed by atoms with Gasteiger partial charge in [0.25, 0.3) is 0 Å². The average molecular weight is 199 g/mol. The number of hydrogen-bond acceptors (Lipinski definition) is 2. The van der Waals surface area contributed by atoms with Crippen molar-refractivity contribution < 1.29 is 0 Å². The zero-order chi connectivity index (χ0) is 9.73. The first kappa shape index (κ1) is 11.1. The molecule has 0 N–H and O–H groups in total. The number of hydrogen-bond donors (Lipinski definition) is 1. The Balaban J connectivity index is 2.41. The highest BCUT2D eigenvalue weighted by Crippen LogP contribution is 2.49. The third-order valence-corrected chi connectivity index (χ3v) is 3.50. The van der Waals surface area contributed by atoms with E-state index in [1.807, 2.05) is 0 Å². The molecule has 0 radical (unpaired) electrons. The summed E-state index contributed by atoms with van der Waals surface area (Å²) in [6.45, 7) is 5.99. The van der Waals surface area contributed by atoms with Crippen LogP contribution in [0.2, 0.25) is 0 Å². The van der Waals surface area contributed by atoms with Crippen molar-refractivity contribution >= 4 is 19.3 Å². The molecule has 1 unspecified atom stereocenters. The Morgan fingerprint density at radius 2 is 2.15 bits per heavy atom. The number of aliphatic imine (C=N–C) groups is 1. The van der Waals surface area contributed by atoms with Gasteiger partial charge in [-0.05, 0) is 50.5 Å². The molecule has 0 amide bonds. The molecule has 1 fully saturated rings. The summed E-state index contributed by atoms with van der Waals surface area (Å²) in [6.07, 6.45) is 7.64. The van der Waals surface area contributed by atoms with Crippen LogP contribution in [0.4, 0.5) is 0 Å². The summed E-state index contributed by atoms with van der Waals surface area (Å²) >= 11 is 4.26. The van der Waals surface area contributed by atoms with Gasteiger partial charge in [-0.25, -0.2) is 0 Å². The van der Waals surface area contributed by atoms with Gasteiger partial charge in [0.1, 0.15) is 0 Å². The minimum absolute atomic E-state index is 0.291. The number of nitrogens with zero attached hydrogens (tertiary/aromatic N) is 1. The fraction of sp³-hybridized carbons (Fsp3) is 0.909. The molecule has 0 aromatic heterocycles. The molecular formula is C11H21NS. The third kappa shape index (κ3) is 2.73. The van der Waals surface area contributed by atoms with Crippen molar-refractivity contribution in [3.63, 3.8) is 0 Å². The maximum atomic E-state index is 4.33. The van der Waals surface area contributed by atoms with Crippen molar-refractivity contribution in [2.24, 2.45) is 10.9 Å². The van der Waals surface area contributed by atoms with Gasteiger partial charge < -0.3 is 0 Å². The van der Waals surface area contributed by atoms with E-state index in [9.17, 15) is 0 Å². The molecule has 2 heteroatoms. The SMILES string of the molecule is C=NC1(C(CCC)CCCS)CC1. The van der Waals surface area contributed by atoms with E-state index >= 15 is 0 Å². The topological polar surface area (TPSA) is 12.4 Å². The second-order valence-electron chi connectivity index (χ2n) is 4.11. The van der Waals surface area contributed by atoms with Crippen LogP contribution < -0.4 is 0 Å². The summed E-state index contributed by atoms with van der Waals surface area (Å²) in [6, 6.07) is 0. The monoisotopic (exact) mass is 199 g/mol. The Morgan fingerprint density at radius 1 is 1.46 bits per heavy atom. The standard InChI is InChI=1S/C11H21NS/c1-3-5-10(6-4-9-13)11(12-2)7-8-11/h10,13H,2-9H2,1H3. The molecule has 13 heavy (non-hydrogen) atoms. The molecule has 1 atom stereocenters. The zero-order valence-corrected chi connectivity index (χ0v) is 9.52. The van der Waals surface area contributed by atoms with Gasteiger partial charge in [-0.2, -0.15) is 12.6 Å². The van der Waals surface area contributed by atoms with Crippen LogP contribution in [0.1, 0.15) is 45.4 Å². The van der Waals surface area contributed by atoms with E-state index in [1.54, 1.807) is 0 Å². The van der Waals surface area contributed by atoms with Gasteiger partial charge in [0, 0.05) is 0 Å². The predicted octanol–water partition coefficient (Wildman–Crippen LogP) is 3.35. The number of rotatable bonds is 7. The zero-order valence-electron chi connectivity index (χ0n) is 8.63. The Morgan fingerprint density at radius 3 is 2.54 bits per heavy atom. The van der Waals surface area contributed by atoms with Gasteiger partial charge in [0.2, 0.25) is 0 Å². The van der Waals surface area contributed by atoms with Crippen molar-refractivity contribution in [2.45, 2.75) is 51.0 Å². The first-order chi connectivity index (χ1) is 6.29. The van der Waals surface area contributed by atoms with Crippen LogP contribution in [0.3, 0.4) is 0 Å². The van der Waals surface area contributed by atoms with Crippen molar-refractivity contribution in [1.29, 1.82) is 0 Å². The lowest BCUT2D eigenvalue weighted by Crippen LogP contribution is -2.20. The molecule has 0 heterocycles. The van der Waals surface area contributed by atoms with Crippen LogP contribution in [-0.4, -0.2) is 18.0 Å². The second-order valence-corrected chi connectivity index (χ2v) is 4.56. The van der Waals surface area contributed by atoms with Crippen LogP contribution in [0.5, 0.6) is 0 Å². The van der Waals surface area contributed by atoms with E-state index in [0.717, 1.165) is 11.7 Å². The van der Waals surface area contributed by atoms with Gasteiger partial charge in [0.05, 0.1) is 5.54 Å². The molecular weight excluding hydrogens is 178 g/mol. The van der Waals surface area contributed by atoms with Crippen molar-refractivity contribution in [3.05, 3.63) is 0 Å². The molecule has 0 aromatic rings. The highest BCUT2D eigenvalue weighted by molar-refractivity contribution is 7.80. The molecule has 0 aliphatic heterocycles. The summed E-state index contributed by atoms with van der Waals surface area (Å²) in [5, 5.41) is 0. The molecule has 0 aromatic carbocycles. The maximum absolute atomic E-state index is 4.33. The molecule has 1 aliphatic rings. The van der Waals surface area contributed by atoms with Crippen LogP contribution in [-0.2, 0) is 0 Å². The van der Waals surface area contributed by atoms with E-state index in [1.165, 1.54) is 38.5 Å². The summed E-state index contributed by atoms with van der Waals surface area (Å²) in [4.78, 5) is 4.33. The van der Waals surface area contributed by atoms with Gasteiger partial charge in [0.15, 0.2) is 0 Å². The maximum Gasteiger partial charge on any atom is 0.0630 e. The first-order valence-electron chi connectivity index (χ1n) is 5.38.